The lowest BCUT2D eigenvalue weighted by atomic mass is 10.1. The Balaban J connectivity index is 1.91. The summed E-state index contributed by atoms with van der Waals surface area (Å²) in [6.07, 6.45) is 1.65. The lowest BCUT2D eigenvalue weighted by Crippen LogP contribution is -2.16. The molecule has 3 aromatic rings. The smallest absolute Gasteiger partial charge is 0.268 e. The van der Waals surface area contributed by atoms with Crippen LogP contribution in [0, 0.1) is 5.82 Å². The maximum absolute atomic E-state index is 13.8. The number of benzene rings is 1. The molecule has 6 nitrogen and oxygen atoms in total. The summed E-state index contributed by atoms with van der Waals surface area (Å²) in [6.45, 7) is 1.09. The van der Waals surface area contributed by atoms with Crippen molar-refractivity contribution in [3.63, 3.8) is 0 Å². The van der Waals surface area contributed by atoms with E-state index in [-0.39, 0.29) is 10.9 Å². The zero-order chi connectivity index (χ0) is 16.8. The van der Waals surface area contributed by atoms with Crippen LogP contribution in [0.3, 0.4) is 0 Å². The fraction of sp³-hybridized carbons (Fsp3) is 0.267. The Morgan fingerprint density at radius 2 is 2.12 bits per heavy atom. The van der Waals surface area contributed by atoms with Gasteiger partial charge in [0.2, 0.25) is 5.89 Å². The van der Waals surface area contributed by atoms with Crippen molar-refractivity contribution in [2.75, 3.05) is 7.05 Å². The molecule has 9 heteroatoms. The van der Waals surface area contributed by atoms with E-state index < -0.39 is 5.82 Å². The summed E-state index contributed by atoms with van der Waals surface area (Å²) < 4.78 is 21.2. The molecule has 0 saturated carbocycles. The molecule has 0 radical (unpaired) electrons. The molecule has 4 rings (SSSR count). The summed E-state index contributed by atoms with van der Waals surface area (Å²) >= 11 is 11.9. The van der Waals surface area contributed by atoms with Gasteiger partial charge >= 0.3 is 0 Å². The number of aromatic nitrogens is 4. The average Bonchev–Trinajstić information content (AvgIpc) is 3.16. The van der Waals surface area contributed by atoms with Crippen LogP contribution in [0.15, 0.2) is 22.9 Å². The fourth-order valence-corrected chi connectivity index (χ4v) is 3.18. The number of imidazole rings is 1. The van der Waals surface area contributed by atoms with Crippen molar-refractivity contribution in [1.29, 1.82) is 0 Å². The third-order valence-corrected chi connectivity index (χ3v) is 4.57. The number of alkyl halides is 1. The number of hydrogen-bond acceptors (Lipinski definition) is 5. The second-order valence-corrected chi connectivity index (χ2v) is 6.22. The van der Waals surface area contributed by atoms with Gasteiger partial charge in [0.15, 0.2) is 5.69 Å². The normalized spacial score (nSPS) is 14.3. The fourth-order valence-electron chi connectivity index (χ4n) is 2.85. The predicted octanol–water partition coefficient (Wildman–Crippen LogP) is 3.40. The van der Waals surface area contributed by atoms with Gasteiger partial charge in [-0.05, 0) is 19.2 Å². The average molecular weight is 368 g/mol. The van der Waals surface area contributed by atoms with Gasteiger partial charge in [-0.1, -0.05) is 11.6 Å². The lowest BCUT2D eigenvalue weighted by Gasteiger charge is -2.14. The molecule has 2 aromatic heterocycles. The van der Waals surface area contributed by atoms with E-state index in [0.717, 1.165) is 11.4 Å². The van der Waals surface area contributed by atoms with Gasteiger partial charge in [0.05, 0.1) is 16.4 Å². The lowest BCUT2D eigenvalue weighted by molar-refractivity contribution is 0.319. The van der Waals surface area contributed by atoms with Gasteiger partial charge in [0, 0.05) is 18.7 Å². The number of rotatable bonds is 2. The number of halogens is 3. The Labute approximate surface area is 146 Å². The van der Waals surface area contributed by atoms with E-state index in [0.29, 0.717) is 36.1 Å². The summed E-state index contributed by atoms with van der Waals surface area (Å²) in [5.74, 6) is 0.349. The Bertz CT molecular complexity index is 923. The van der Waals surface area contributed by atoms with Crippen molar-refractivity contribution >= 4 is 23.2 Å². The van der Waals surface area contributed by atoms with Crippen molar-refractivity contribution in [3.8, 4) is 17.3 Å². The third-order valence-electron chi connectivity index (χ3n) is 3.93. The van der Waals surface area contributed by atoms with Crippen LogP contribution in [0.25, 0.3) is 17.3 Å². The molecule has 0 bridgehead atoms. The van der Waals surface area contributed by atoms with Gasteiger partial charge in [-0.2, -0.15) is 0 Å². The molecule has 3 heterocycles. The van der Waals surface area contributed by atoms with Crippen molar-refractivity contribution in [2.45, 2.75) is 19.0 Å². The number of fused-ring (bicyclic) bond motifs is 3. The minimum Gasteiger partial charge on any atom is -0.418 e. The van der Waals surface area contributed by atoms with E-state index in [1.807, 2.05) is 16.5 Å². The quantitative estimate of drug-likeness (QED) is 0.649. The first-order valence-electron chi connectivity index (χ1n) is 7.19. The molecular weight excluding hydrogens is 356 g/mol. The zero-order valence-corrected chi connectivity index (χ0v) is 14.1. The molecule has 0 aliphatic carbocycles. The Kier molecular flexibility index (Phi) is 3.79. The first-order valence-corrected chi connectivity index (χ1v) is 8.10. The molecular formula is C15H12Cl2FN5O. The molecule has 0 amide bonds. The van der Waals surface area contributed by atoms with Gasteiger partial charge in [0.1, 0.15) is 18.0 Å². The first kappa shape index (κ1) is 15.6. The highest BCUT2D eigenvalue weighted by Crippen LogP contribution is 2.34. The molecule has 0 fully saturated rings. The molecule has 0 spiro atoms. The van der Waals surface area contributed by atoms with Crippen molar-refractivity contribution in [1.82, 2.24) is 24.6 Å². The minimum atomic E-state index is -0.434. The van der Waals surface area contributed by atoms with E-state index in [2.05, 4.69) is 15.2 Å². The molecule has 1 aromatic carbocycles. The molecule has 0 saturated heterocycles. The second kappa shape index (κ2) is 5.84. The monoisotopic (exact) mass is 367 g/mol. The SMILES string of the molecule is CN1Cc2c(ccc(F)c2Cl)-n2cnc(-c3nnc(CCl)o3)c2C1. The first-order chi connectivity index (χ1) is 11.6. The maximum Gasteiger partial charge on any atom is 0.268 e. The van der Waals surface area contributed by atoms with Crippen LogP contribution in [0.2, 0.25) is 5.02 Å². The topological polar surface area (TPSA) is 60.0 Å². The summed E-state index contributed by atoms with van der Waals surface area (Å²) in [7, 11) is 1.93. The molecule has 1 aliphatic heterocycles. The highest BCUT2D eigenvalue weighted by atomic mass is 35.5. The Hall–Kier alpha value is -1.96. The number of hydrogen-bond donors (Lipinski definition) is 0. The van der Waals surface area contributed by atoms with Crippen LogP contribution in [0.5, 0.6) is 0 Å². The molecule has 0 atom stereocenters. The molecule has 124 valence electrons. The molecule has 1 aliphatic rings. The summed E-state index contributed by atoms with van der Waals surface area (Å²) in [5, 5.41) is 8.00. The van der Waals surface area contributed by atoms with Gasteiger partial charge < -0.3 is 8.98 Å². The summed E-state index contributed by atoms with van der Waals surface area (Å²) in [4.78, 5) is 6.42. The van der Waals surface area contributed by atoms with Crippen LogP contribution >= 0.6 is 23.2 Å². The largest absolute Gasteiger partial charge is 0.418 e. The Morgan fingerprint density at radius 1 is 1.29 bits per heavy atom. The van der Waals surface area contributed by atoms with Gasteiger partial charge in [-0.25, -0.2) is 9.37 Å². The standard InChI is InChI=1S/C15H12Cl2FN5O/c1-22-5-8-10(3-2-9(18)13(8)17)23-7-19-14(11(23)6-22)15-21-20-12(4-16)24-15/h2-3,7H,4-6H2,1H3. The predicted molar refractivity (Wildman–Crippen MR) is 86.6 cm³/mol. The van der Waals surface area contributed by atoms with Crippen LogP contribution in [0.1, 0.15) is 17.1 Å². The van der Waals surface area contributed by atoms with E-state index in [1.165, 1.54) is 6.07 Å². The van der Waals surface area contributed by atoms with Gasteiger partial charge in [0.25, 0.3) is 5.89 Å². The van der Waals surface area contributed by atoms with Gasteiger partial charge in [-0.3, -0.25) is 4.90 Å². The van der Waals surface area contributed by atoms with Crippen molar-refractivity contribution < 1.29 is 8.81 Å². The Morgan fingerprint density at radius 3 is 2.88 bits per heavy atom. The van der Waals surface area contributed by atoms with E-state index >= 15 is 0 Å². The number of nitrogens with zero attached hydrogens (tertiary/aromatic N) is 5. The van der Waals surface area contributed by atoms with Crippen molar-refractivity contribution in [2.24, 2.45) is 0 Å². The molecule has 0 N–H and O–H groups in total. The van der Waals surface area contributed by atoms with E-state index in [9.17, 15) is 4.39 Å². The van der Waals surface area contributed by atoms with Crippen molar-refractivity contribution in [3.05, 3.63) is 46.4 Å². The van der Waals surface area contributed by atoms with E-state index in [1.54, 1.807) is 12.4 Å². The maximum atomic E-state index is 13.8. The third kappa shape index (κ3) is 2.40. The van der Waals surface area contributed by atoms with Crippen LogP contribution in [-0.4, -0.2) is 31.7 Å². The molecule has 0 unspecified atom stereocenters. The summed E-state index contributed by atoms with van der Waals surface area (Å²) in [5.41, 5.74) is 2.95. The molecule has 24 heavy (non-hydrogen) atoms. The minimum absolute atomic E-state index is 0.129. The summed E-state index contributed by atoms with van der Waals surface area (Å²) in [6, 6.07) is 3.05. The highest BCUT2D eigenvalue weighted by Gasteiger charge is 2.26. The zero-order valence-electron chi connectivity index (χ0n) is 12.6. The van der Waals surface area contributed by atoms with Crippen LogP contribution in [0.4, 0.5) is 4.39 Å². The second-order valence-electron chi connectivity index (χ2n) is 5.58. The van der Waals surface area contributed by atoms with Crippen LogP contribution < -0.4 is 0 Å². The van der Waals surface area contributed by atoms with Crippen LogP contribution in [-0.2, 0) is 19.0 Å². The van der Waals surface area contributed by atoms with E-state index in [4.69, 9.17) is 27.6 Å². The highest BCUT2D eigenvalue weighted by molar-refractivity contribution is 6.31. The van der Waals surface area contributed by atoms with Gasteiger partial charge in [-0.15, -0.1) is 21.8 Å².